The van der Waals surface area contributed by atoms with Gasteiger partial charge in [0.15, 0.2) is 0 Å². The van der Waals surface area contributed by atoms with Crippen LogP contribution in [0.1, 0.15) is 13.3 Å². The van der Waals surface area contributed by atoms with Gasteiger partial charge in [-0.15, -0.1) is 0 Å². The average Bonchev–Trinajstić information content (AvgIpc) is 2.60. The summed E-state index contributed by atoms with van der Waals surface area (Å²) in [6.45, 7) is 4.65. The molecule has 1 saturated heterocycles. The van der Waals surface area contributed by atoms with Crippen molar-refractivity contribution in [1.82, 2.24) is 4.90 Å². The molecular weight excluding hydrogens is 202 g/mol. The highest BCUT2D eigenvalue weighted by Crippen LogP contribution is 2.17. The van der Waals surface area contributed by atoms with Crippen LogP contribution in [-0.2, 0) is 4.74 Å². The smallest absolute Gasteiger partial charge is 0.261 e. The number of ether oxygens (including phenoxy) is 1. The number of hydrogen-bond acceptors (Lipinski definition) is 3. The summed E-state index contributed by atoms with van der Waals surface area (Å²) in [4.78, 5) is 2.22. The minimum absolute atomic E-state index is 0.219. The average molecular weight is 222 g/mol. The third-order valence-corrected chi connectivity index (χ3v) is 2.85. The fourth-order valence-corrected chi connectivity index (χ4v) is 1.86. The Hall–Kier alpha value is -0.260. The van der Waals surface area contributed by atoms with Gasteiger partial charge in [0.25, 0.3) is 6.43 Å². The minimum Gasteiger partial charge on any atom is -0.374 e. The lowest BCUT2D eigenvalue weighted by Gasteiger charge is -2.17. The molecule has 1 aliphatic heterocycles. The fraction of sp³-hybridized carbons (Fsp3) is 1.00. The lowest BCUT2D eigenvalue weighted by Crippen LogP contribution is -2.31. The van der Waals surface area contributed by atoms with Crippen molar-refractivity contribution in [2.45, 2.75) is 25.8 Å². The summed E-state index contributed by atoms with van der Waals surface area (Å²) in [6.07, 6.45) is -1.26. The molecule has 0 saturated carbocycles. The highest BCUT2D eigenvalue weighted by molar-refractivity contribution is 4.80. The molecule has 0 aromatic rings. The van der Waals surface area contributed by atoms with Crippen LogP contribution >= 0.6 is 0 Å². The molecule has 1 rings (SSSR count). The predicted molar refractivity (Wildman–Crippen MR) is 55.0 cm³/mol. The third-order valence-electron chi connectivity index (χ3n) is 2.85. The van der Waals surface area contributed by atoms with Gasteiger partial charge in [-0.1, -0.05) is 0 Å². The van der Waals surface area contributed by atoms with Crippen molar-refractivity contribution in [2.24, 2.45) is 11.7 Å². The molecule has 5 heteroatoms. The highest BCUT2D eigenvalue weighted by atomic mass is 19.3. The van der Waals surface area contributed by atoms with Crippen LogP contribution in [0.25, 0.3) is 0 Å². The molecule has 0 bridgehead atoms. The summed E-state index contributed by atoms with van der Waals surface area (Å²) in [5, 5.41) is 0. The summed E-state index contributed by atoms with van der Waals surface area (Å²) in [5.74, 6) is 0.542. The van der Waals surface area contributed by atoms with Crippen molar-refractivity contribution in [3.63, 3.8) is 0 Å². The zero-order valence-corrected chi connectivity index (χ0v) is 9.16. The lowest BCUT2D eigenvalue weighted by atomic mass is 10.0. The molecule has 3 nitrogen and oxygen atoms in total. The van der Waals surface area contributed by atoms with Crippen LogP contribution < -0.4 is 5.73 Å². The van der Waals surface area contributed by atoms with E-state index < -0.39 is 13.0 Å². The molecule has 2 N–H and O–H groups in total. The molecule has 0 aromatic carbocycles. The standard InChI is InChI=1S/C10H20F2N2O/c1-8(13)9-2-3-14(6-9)4-5-15-7-10(11)12/h8-10H,2-7,13H2,1H3. The van der Waals surface area contributed by atoms with E-state index in [0.29, 0.717) is 12.5 Å². The van der Waals surface area contributed by atoms with Crippen molar-refractivity contribution in [3.05, 3.63) is 0 Å². The van der Waals surface area contributed by atoms with E-state index >= 15 is 0 Å². The molecule has 0 aromatic heterocycles. The number of alkyl halides is 2. The van der Waals surface area contributed by atoms with Crippen LogP contribution in [0.5, 0.6) is 0 Å². The monoisotopic (exact) mass is 222 g/mol. The Morgan fingerprint density at radius 3 is 2.80 bits per heavy atom. The summed E-state index contributed by atoms with van der Waals surface area (Å²) in [6, 6.07) is 0.219. The number of hydrogen-bond donors (Lipinski definition) is 1. The first kappa shape index (κ1) is 12.8. The summed E-state index contributed by atoms with van der Waals surface area (Å²) in [7, 11) is 0. The first-order chi connectivity index (χ1) is 7.09. The zero-order chi connectivity index (χ0) is 11.3. The van der Waals surface area contributed by atoms with Gasteiger partial charge in [-0.3, -0.25) is 0 Å². The van der Waals surface area contributed by atoms with Crippen LogP contribution in [0, 0.1) is 5.92 Å². The maximum Gasteiger partial charge on any atom is 0.261 e. The molecule has 2 atom stereocenters. The van der Waals surface area contributed by atoms with Crippen molar-refractivity contribution < 1.29 is 13.5 Å². The van der Waals surface area contributed by atoms with E-state index in [2.05, 4.69) is 4.90 Å². The number of nitrogens with zero attached hydrogens (tertiary/aromatic N) is 1. The second-order valence-electron chi connectivity index (χ2n) is 4.17. The van der Waals surface area contributed by atoms with Gasteiger partial charge in [0.05, 0.1) is 6.61 Å². The first-order valence-electron chi connectivity index (χ1n) is 5.43. The van der Waals surface area contributed by atoms with Crippen molar-refractivity contribution >= 4 is 0 Å². The van der Waals surface area contributed by atoms with Crippen LogP contribution in [0.15, 0.2) is 0 Å². The molecule has 0 spiro atoms. The molecule has 1 fully saturated rings. The number of likely N-dealkylation sites (tertiary alicyclic amines) is 1. The summed E-state index contributed by atoms with van der Waals surface area (Å²) < 4.78 is 28.3. The van der Waals surface area contributed by atoms with Gasteiger partial charge in [0.1, 0.15) is 6.61 Å². The number of rotatable bonds is 6. The second kappa shape index (κ2) is 6.35. The molecule has 1 heterocycles. The minimum atomic E-state index is -2.36. The van der Waals surface area contributed by atoms with Crippen molar-refractivity contribution in [1.29, 1.82) is 0 Å². The van der Waals surface area contributed by atoms with Crippen LogP contribution in [0.4, 0.5) is 8.78 Å². The van der Waals surface area contributed by atoms with E-state index in [1.807, 2.05) is 6.92 Å². The van der Waals surface area contributed by atoms with E-state index in [4.69, 9.17) is 10.5 Å². The van der Waals surface area contributed by atoms with E-state index in [9.17, 15) is 8.78 Å². The fourth-order valence-electron chi connectivity index (χ4n) is 1.86. The van der Waals surface area contributed by atoms with Gasteiger partial charge < -0.3 is 15.4 Å². The van der Waals surface area contributed by atoms with E-state index in [-0.39, 0.29) is 6.04 Å². The maximum absolute atomic E-state index is 11.7. The summed E-state index contributed by atoms with van der Waals surface area (Å²) >= 11 is 0. The predicted octanol–water partition coefficient (Wildman–Crippen LogP) is 0.937. The van der Waals surface area contributed by atoms with Crippen LogP contribution in [0.2, 0.25) is 0 Å². The van der Waals surface area contributed by atoms with Crippen molar-refractivity contribution in [2.75, 3.05) is 32.8 Å². The quantitative estimate of drug-likeness (QED) is 0.680. The second-order valence-corrected chi connectivity index (χ2v) is 4.17. The Labute approximate surface area is 89.6 Å². The molecular formula is C10H20F2N2O. The zero-order valence-electron chi connectivity index (χ0n) is 9.16. The van der Waals surface area contributed by atoms with Gasteiger partial charge >= 0.3 is 0 Å². The Morgan fingerprint density at radius 2 is 2.27 bits per heavy atom. The van der Waals surface area contributed by atoms with Crippen LogP contribution in [-0.4, -0.2) is 50.2 Å². The van der Waals surface area contributed by atoms with Gasteiger partial charge in [0, 0.05) is 19.1 Å². The van der Waals surface area contributed by atoms with E-state index in [1.54, 1.807) is 0 Å². The van der Waals surface area contributed by atoms with Gasteiger partial charge in [-0.05, 0) is 25.8 Å². The molecule has 1 aliphatic rings. The molecule has 0 radical (unpaired) electrons. The Morgan fingerprint density at radius 1 is 1.53 bits per heavy atom. The Balaban J connectivity index is 2.04. The van der Waals surface area contributed by atoms with Gasteiger partial charge in [0.2, 0.25) is 0 Å². The maximum atomic E-state index is 11.7. The Kier molecular flexibility index (Phi) is 5.42. The van der Waals surface area contributed by atoms with Gasteiger partial charge in [-0.2, -0.15) is 0 Å². The first-order valence-corrected chi connectivity index (χ1v) is 5.43. The van der Waals surface area contributed by atoms with Crippen molar-refractivity contribution in [3.8, 4) is 0 Å². The molecule has 90 valence electrons. The number of halogens is 2. The van der Waals surface area contributed by atoms with E-state index in [0.717, 1.165) is 26.1 Å². The topological polar surface area (TPSA) is 38.5 Å². The molecule has 15 heavy (non-hydrogen) atoms. The molecule has 2 unspecified atom stereocenters. The highest BCUT2D eigenvalue weighted by Gasteiger charge is 2.24. The Bertz CT molecular complexity index is 179. The number of nitrogens with two attached hydrogens (primary N) is 1. The van der Waals surface area contributed by atoms with Gasteiger partial charge in [-0.25, -0.2) is 8.78 Å². The summed E-state index contributed by atoms with van der Waals surface area (Å²) in [5.41, 5.74) is 5.80. The normalized spacial score (nSPS) is 25.0. The molecule has 0 aliphatic carbocycles. The lowest BCUT2D eigenvalue weighted by molar-refractivity contribution is 0.0112. The third kappa shape index (κ3) is 4.86. The SMILES string of the molecule is CC(N)C1CCN(CCOCC(F)F)C1. The largest absolute Gasteiger partial charge is 0.374 e. The van der Waals surface area contributed by atoms with E-state index in [1.165, 1.54) is 0 Å². The molecule has 0 amide bonds. The van der Waals surface area contributed by atoms with Crippen LogP contribution in [0.3, 0.4) is 0 Å².